The molecule has 4 nitrogen and oxygen atoms in total. The number of piperazine rings is 1. The molecule has 1 fully saturated rings. The van der Waals surface area contributed by atoms with Crippen molar-refractivity contribution in [2.75, 3.05) is 26.2 Å². The van der Waals surface area contributed by atoms with Gasteiger partial charge in [-0.15, -0.1) is 0 Å². The number of ether oxygens (including phenoxy) is 1. The zero-order valence-electron chi connectivity index (χ0n) is 12.6. The van der Waals surface area contributed by atoms with Crippen molar-refractivity contribution in [2.24, 2.45) is 0 Å². The molecule has 0 saturated carbocycles. The first kappa shape index (κ1) is 14.9. The van der Waals surface area contributed by atoms with Crippen LogP contribution in [0, 0.1) is 13.8 Å². The van der Waals surface area contributed by atoms with Crippen molar-refractivity contribution in [3.8, 4) is 5.75 Å². The summed E-state index contributed by atoms with van der Waals surface area (Å²) < 4.78 is 5.68. The first-order valence-corrected chi connectivity index (χ1v) is 7.28. The molecule has 1 N–H and O–H groups in total. The summed E-state index contributed by atoms with van der Waals surface area (Å²) in [4.78, 5) is 14.1. The highest BCUT2D eigenvalue weighted by Gasteiger charge is 2.22. The Morgan fingerprint density at radius 2 is 2.20 bits per heavy atom. The van der Waals surface area contributed by atoms with E-state index in [4.69, 9.17) is 4.74 Å². The zero-order chi connectivity index (χ0) is 14.5. The van der Waals surface area contributed by atoms with Crippen molar-refractivity contribution in [3.63, 3.8) is 0 Å². The maximum absolute atomic E-state index is 12.1. The summed E-state index contributed by atoms with van der Waals surface area (Å²) in [5.74, 6) is 1.03. The number of aryl methyl sites for hydroxylation is 2. The molecule has 4 heteroatoms. The van der Waals surface area contributed by atoms with Crippen LogP contribution in [0.4, 0.5) is 0 Å². The third-order valence-corrected chi connectivity index (χ3v) is 3.88. The van der Waals surface area contributed by atoms with E-state index < -0.39 is 0 Å². The molecule has 110 valence electrons. The molecular weight excluding hydrogens is 252 g/mol. The number of hydrogen-bond donors (Lipinski definition) is 1. The van der Waals surface area contributed by atoms with Crippen LogP contribution in [0.5, 0.6) is 5.75 Å². The first-order valence-electron chi connectivity index (χ1n) is 7.28. The van der Waals surface area contributed by atoms with Gasteiger partial charge in [-0.05, 0) is 44.0 Å². The molecule has 2 rings (SSSR count). The predicted molar refractivity (Wildman–Crippen MR) is 80.1 cm³/mol. The van der Waals surface area contributed by atoms with E-state index >= 15 is 0 Å². The number of benzene rings is 1. The van der Waals surface area contributed by atoms with Gasteiger partial charge in [-0.3, -0.25) is 4.79 Å². The molecule has 1 heterocycles. The van der Waals surface area contributed by atoms with Crippen LogP contribution in [-0.2, 0) is 4.79 Å². The molecule has 0 spiro atoms. The summed E-state index contributed by atoms with van der Waals surface area (Å²) in [6.07, 6.45) is 0.442. The predicted octanol–water partition coefficient (Wildman–Crippen LogP) is 1.89. The number of carbonyl (C=O) groups is 1. The Kier molecular flexibility index (Phi) is 5.01. The third kappa shape index (κ3) is 3.73. The van der Waals surface area contributed by atoms with Crippen molar-refractivity contribution in [2.45, 2.75) is 33.2 Å². The molecule has 1 aromatic rings. The van der Waals surface area contributed by atoms with Crippen molar-refractivity contribution >= 4 is 5.91 Å². The molecule has 0 bridgehead atoms. The molecular formula is C16H24N2O2. The van der Waals surface area contributed by atoms with Gasteiger partial charge < -0.3 is 15.0 Å². The maximum Gasteiger partial charge on any atom is 0.226 e. The highest BCUT2D eigenvalue weighted by molar-refractivity contribution is 5.76. The van der Waals surface area contributed by atoms with Crippen molar-refractivity contribution in [3.05, 3.63) is 29.3 Å². The van der Waals surface area contributed by atoms with E-state index in [1.165, 1.54) is 11.1 Å². The second-order valence-electron chi connectivity index (χ2n) is 5.48. The van der Waals surface area contributed by atoms with Crippen LogP contribution in [0.1, 0.15) is 24.5 Å². The molecule has 1 atom stereocenters. The van der Waals surface area contributed by atoms with E-state index in [-0.39, 0.29) is 11.9 Å². The van der Waals surface area contributed by atoms with Crippen LogP contribution in [-0.4, -0.2) is 43.1 Å². The Morgan fingerprint density at radius 1 is 1.40 bits per heavy atom. The Labute approximate surface area is 121 Å². The van der Waals surface area contributed by atoms with Crippen molar-refractivity contribution in [1.29, 1.82) is 0 Å². The lowest BCUT2D eigenvalue weighted by Gasteiger charge is -2.34. The zero-order valence-corrected chi connectivity index (χ0v) is 12.6. The Balaban J connectivity index is 1.80. The number of amides is 1. The topological polar surface area (TPSA) is 41.6 Å². The van der Waals surface area contributed by atoms with E-state index in [0.29, 0.717) is 13.0 Å². The molecule has 1 amide bonds. The van der Waals surface area contributed by atoms with Gasteiger partial charge in [-0.25, -0.2) is 0 Å². The van der Waals surface area contributed by atoms with Crippen molar-refractivity contribution < 1.29 is 9.53 Å². The van der Waals surface area contributed by atoms with Crippen LogP contribution >= 0.6 is 0 Å². The first-order chi connectivity index (χ1) is 9.58. The van der Waals surface area contributed by atoms with Gasteiger partial charge in [0.15, 0.2) is 0 Å². The Morgan fingerprint density at radius 3 is 2.90 bits per heavy atom. The number of nitrogens with zero attached hydrogens (tertiary/aromatic N) is 1. The van der Waals surface area contributed by atoms with Gasteiger partial charge in [-0.2, -0.15) is 0 Å². The minimum Gasteiger partial charge on any atom is -0.493 e. The van der Waals surface area contributed by atoms with Crippen LogP contribution in [0.25, 0.3) is 0 Å². The molecule has 1 aliphatic rings. The summed E-state index contributed by atoms with van der Waals surface area (Å²) in [6.45, 7) is 9.22. The maximum atomic E-state index is 12.1. The fraction of sp³-hybridized carbons (Fsp3) is 0.562. The lowest BCUT2D eigenvalue weighted by Crippen LogP contribution is -2.52. The van der Waals surface area contributed by atoms with Crippen LogP contribution in [0.15, 0.2) is 18.2 Å². The smallest absolute Gasteiger partial charge is 0.226 e. The average Bonchev–Trinajstić information content (AvgIpc) is 2.43. The number of hydrogen-bond acceptors (Lipinski definition) is 3. The van der Waals surface area contributed by atoms with Gasteiger partial charge in [0.1, 0.15) is 5.75 Å². The monoisotopic (exact) mass is 276 g/mol. The molecule has 0 aromatic heterocycles. The summed E-state index contributed by atoms with van der Waals surface area (Å²) in [6, 6.07) is 6.30. The number of carbonyl (C=O) groups excluding carboxylic acids is 1. The normalized spacial score (nSPS) is 18.9. The van der Waals surface area contributed by atoms with E-state index in [0.717, 1.165) is 25.4 Å². The molecule has 1 aromatic carbocycles. The van der Waals surface area contributed by atoms with Gasteiger partial charge in [0, 0.05) is 25.7 Å². The van der Waals surface area contributed by atoms with Gasteiger partial charge in [0.25, 0.3) is 0 Å². The quantitative estimate of drug-likeness (QED) is 0.913. The SMILES string of the molecule is Cc1ccc(OCCC(=O)N2CCNC[C@@H]2C)cc1C. The standard InChI is InChI=1S/C16H24N2O2/c1-12-4-5-15(10-13(12)2)20-9-6-16(19)18-8-7-17-11-14(18)3/h4-5,10,14,17H,6-9,11H2,1-3H3/t14-/m0/s1. The van der Waals surface area contributed by atoms with Gasteiger partial charge in [-0.1, -0.05) is 6.07 Å². The fourth-order valence-electron chi connectivity index (χ4n) is 2.42. The average molecular weight is 276 g/mol. The highest BCUT2D eigenvalue weighted by Crippen LogP contribution is 2.16. The lowest BCUT2D eigenvalue weighted by molar-refractivity contribution is -0.134. The van der Waals surface area contributed by atoms with E-state index in [1.54, 1.807) is 0 Å². The summed E-state index contributed by atoms with van der Waals surface area (Å²) in [7, 11) is 0. The largest absolute Gasteiger partial charge is 0.493 e. The van der Waals surface area contributed by atoms with Gasteiger partial charge in [0.05, 0.1) is 13.0 Å². The third-order valence-electron chi connectivity index (χ3n) is 3.88. The van der Waals surface area contributed by atoms with Crippen LogP contribution in [0.3, 0.4) is 0 Å². The molecule has 0 unspecified atom stereocenters. The highest BCUT2D eigenvalue weighted by atomic mass is 16.5. The second-order valence-corrected chi connectivity index (χ2v) is 5.48. The molecule has 1 saturated heterocycles. The van der Waals surface area contributed by atoms with Crippen LogP contribution < -0.4 is 10.1 Å². The van der Waals surface area contributed by atoms with Gasteiger partial charge in [0.2, 0.25) is 5.91 Å². The van der Waals surface area contributed by atoms with Gasteiger partial charge >= 0.3 is 0 Å². The summed E-state index contributed by atoms with van der Waals surface area (Å²) >= 11 is 0. The molecule has 1 aliphatic heterocycles. The molecule has 20 heavy (non-hydrogen) atoms. The molecule has 0 aliphatic carbocycles. The fourth-order valence-corrected chi connectivity index (χ4v) is 2.42. The van der Waals surface area contributed by atoms with Crippen molar-refractivity contribution in [1.82, 2.24) is 10.2 Å². The van der Waals surface area contributed by atoms with E-state index in [2.05, 4.69) is 26.1 Å². The Hall–Kier alpha value is -1.55. The minimum atomic E-state index is 0.183. The van der Waals surface area contributed by atoms with E-state index in [1.807, 2.05) is 23.1 Å². The number of rotatable bonds is 4. The molecule has 0 radical (unpaired) electrons. The minimum absolute atomic E-state index is 0.183. The lowest BCUT2D eigenvalue weighted by atomic mass is 10.1. The van der Waals surface area contributed by atoms with Crippen LogP contribution in [0.2, 0.25) is 0 Å². The van der Waals surface area contributed by atoms with E-state index in [9.17, 15) is 4.79 Å². The Bertz CT molecular complexity index is 474. The number of nitrogens with one attached hydrogen (secondary N) is 1. The second kappa shape index (κ2) is 6.75. The summed E-state index contributed by atoms with van der Waals surface area (Å²) in [5, 5.41) is 3.29. The summed E-state index contributed by atoms with van der Waals surface area (Å²) in [5.41, 5.74) is 2.47.